The van der Waals surface area contributed by atoms with Crippen LogP contribution in [0.15, 0.2) is 97.2 Å². The second-order valence-corrected chi connectivity index (χ2v) is 14.3. The van der Waals surface area contributed by atoms with Gasteiger partial charge in [0.25, 0.3) is 5.91 Å². The Kier molecular flexibility index (Phi) is 8.58. The van der Waals surface area contributed by atoms with Crippen molar-refractivity contribution in [1.82, 2.24) is 14.8 Å². The Morgan fingerprint density at radius 1 is 0.959 bits per heavy atom. The number of carbonyl (C=O) groups is 1. The van der Waals surface area contributed by atoms with E-state index in [9.17, 15) is 9.90 Å². The predicted octanol–water partition coefficient (Wildman–Crippen LogP) is 9.64. The highest BCUT2D eigenvalue weighted by molar-refractivity contribution is 6.32. The molecule has 0 spiro atoms. The lowest BCUT2D eigenvalue weighted by Gasteiger charge is -2.39. The van der Waals surface area contributed by atoms with Crippen molar-refractivity contribution < 1.29 is 9.90 Å². The fourth-order valence-electron chi connectivity index (χ4n) is 7.89. The molecule has 8 heteroatoms. The van der Waals surface area contributed by atoms with Crippen LogP contribution in [-0.4, -0.2) is 38.9 Å². The second-order valence-electron chi connectivity index (χ2n) is 13.4. The molecule has 3 aliphatic heterocycles. The Bertz CT molecular complexity index is 2110. The van der Waals surface area contributed by atoms with Crippen molar-refractivity contribution in [2.75, 3.05) is 18.4 Å². The number of carbonyl (C=O) groups excluding carboxylic acids is 1. The molecule has 6 nitrogen and oxygen atoms in total. The van der Waals surface area contributed by atoms with E-state index in [1.807, 2.05) is 48.5 Å². The maximum atomic E-state index is 14.7. The molecule has 248 valence electrons. The van der Waals surface area contributed by atoms with E-state index in [1.54, 1.807) is 0 Å². The van der Waals surface area contributed by atoms with E-state index in [1.165, 1.54) is 18.4 Å². The highest BCUT2D eigenvalue weighted by Crippen LogP contribution is 2.52. The number of nitrogens with zero attached hydrogens (tertiary/aromatic N) is 2. The summed E-state index contributed by atoms with van der Waals surface area (Å²) in [5, 5.41) is 15.5. The third-order valence-corrected chi connectivity index (χ3v) is 10.6. The summed E-state index contributed by atoms with van der Waals surface area (Å²) < 4.78 is 0. The molecule has 0 radical (unpaired) electrons. The fraction of sp³-hybridized carbons (Fsp3) is 0.244. The van der Waals surface area contributed by atoms with Crippen LogP contribution < -0.4 is 5.32 Å². The summed E-state index contributed by atoms with van der Waals surface area (Å²) in [5.41, 5.74) is 10.0. The molecule has 49 heavy (non-hydrogen) atoms. The number of fused-ring (bicyclic) bond motifs is 2. The van der Waals surface area contributed by atoms with Crippen molar-refractivity contribution in [1.29, 1.82) is 0 Å². The Hall–Kier alpha value is -4.33. The fourth-order valence-corrected chi connectivity index (χ4v) is 8.24. The summed E-state index contributed by atoms with van der Waals surface area (Å²) in [6, 6.07) is 28.1. The highest BCUT2D eigenvalue weighted by atomic mass is 35.5. The van der Waals surface area contributed by atoms with Gasteiger partial charge in [0, 0.05) is 44.9 Å². The standard InChI is InChI=1S/C41H38Cl2N4O2/c1-25-8-7-19-47-39(28-13-15-30(42)16-14-28)32-21-31(43)22-34-36(32)37(40(47)35(25)27-9-3-2-4-10-27)38(44-34)41(49)45-33-20-26(24-48)11-12-29(33)23-46-17-5-6-18-46/h2-4,7,9-16,19-22,25,39,44,48H,5-6,8,17-18,23-24H2,1H3,(H,45,49). The van der Waals surface area contributed by atoms with Crippen molar-refractivity contribution in [3.05, 3.63) is 146 Å². The minimum atomic E-state index is -0.239. The summed E-state index contributed by atoms with van der Waals surface area (Å²) >= 11 is 13.2. The van der Waals surface area contributed by atoms with E-state index < -0.39 is 0 Å². The third-order valence-electron chi connectivity index (χ3n) is 10.2. The van der Waals surface area contributed by atoms with Crippen LogP contribution in [0.4, 0.5) is 5.69 Å². The lowest BCUT2D eigenvalue weighted by atomic mass is 9.82. The van der Waals surface area contributed by atoms with E-state index in [0.717, 1.165) is 76.0 Å². The lowest BCUT2D eigenvalue weighted by molar-refractivity contribution is 0.102. The third kappa shape index (κ3) is 5.87. The van der Waals surface area contributed by atoms with E-state index >= 15 is 0 Å². The molecule has 1 fully saturated rings. The number of aromatic nitrogens is 1. The van der Waals surface area contributed by atoms with Crippen LogP contribution in [0.3, 0.4) is 0 Å². The molecule has 2 unspecified atom stereocenters. The lowest BCUT2D eigenvalue weighted by Crippen LogP contribution is -2.29. The first-order chi connectivity index (χ1) is 23.9. The molecule has 1 amide bonds. The van der Waals surface area contributed by atoms with Gasteiger partial charge in [-0.15, -0.1) is 0 Å². The number of aromatic amines is 1. The first kappa shape index (κ1) is 31.9. The minimum absolute atomic E-state index is 0.106. The van der Waals surface area contributed by atoms with Crippen molar-refractivity contribution in [2.45, 2.75) is 45.4 Å². The predicted molar refractivity (Wildman–Crippen MR) is 199 cm³/mol. The molecule has 5 aromatic rings. The van der Waals surface area contributed by atoms with Crippen LogP contribution in [0.5, 0.6) is 0 Å². The smallest absolute Gasteiger partial charge is 0.272 e. The van der Waals surface area contributed by atoms with Gasteiger partial charge < -0.3 is 20.3 Å². The molecule has 0 saturated carbocycles. The molecule has 2 atom stereocenters. The average Bonchev–Trinajstić information content (AvgIpc) is 3.72. The number of H-pyrrole nitrogens is 1. The van der Waals surface area contributed by atoms with E-state index in [-0.39, 0.29) is 24.5 Å². The van der Waals surface area contributed by atoms with Crippen molar-refractivity contribution in [3.8, 4) is 0 Å². The molecule has 0 bridgehead atoms. The largest absolute Gasteiger partial charge is 0.392 e. The maximum Gasteiger partial charge on any atom is 0.272 e. The van der Waals surface area contributed by atoms with Gasteiger partial charge in [0.15, 0.2) is 0 Å². The van der Waals surface area contributed by atoms with Gasteiger partial charge in [-0.1, -0.05) is 90.8 Å². The zero-order chi connectivity index (χ0) is 33.6. The van der Waals surface area contributed by atoms with Gasteiger partial charge in [-0.05, 0) is 102 Å². The number of amides is 1. The molecule has 4 aromatic carbocycles. The second kappa shape index (κ2) is 13.2. The number of likely N-dealkylation sites (tertiary alicyclic amines) is 1. The number of nitrogens with one attached hydrogen (secondary N) is 2. The minimum Gasteiger partial charge on any atom is -0.392 e. The summed E-state index contributed by atoms with van der Waals surface area (Å²) in [4.78, 5) is 23.0. The number of benzene rings is 4. The summed E-state index contributed by atoms with van der Waals surface area (Å²) in [5.74, 6) is -0.0655. The number of aliphatic hydroxyl groups excluding tert-OH is 1. The van der Waals surface area contributed by atoms with Gasteiger partial charge in [0.05, 0.1) is 18.3 Å². The van der Waals surface area contributed by atoms with Gasteiger partial charge in [0.2, 0.25) is 0 Å². The number of rotatable bonds is 7. The van der Waals surface area contributed by atoms with E-state index in [4.69, 9.17) is 23.2 Å². The Labute approximate surface area is 296 Å². The number of aliphatic hydroxyl groups is 1. The number of hydrogen-bond acceptors (Lipinski definition) is 4. The van der Waals surface area contributed by atoms with Crippen LogP contribution in [0.1, 0.15) is 76.1 Å². The number of halogens is 2. The Balaban J connectivity index is 1.36. The molecule has 1 saturated heterocycles. The first-order valence-corrected chi connectivity index (χ1v) is 17.8. The summed E-state index contributed by atoms with van der Waals surface area (Å²) in [6.45, 7) is 4.97. The van der Waals surface area contributed by atoms with Crippen molar-refractivity contribution >= 4 is 57.0 Å². The molecule has 4 heterocycles. The van der Waals surface area contributed by atoms with Crippen LogP contribution >= 0.6 is 23.2 Å². The van der Waals surface area contributed by atoms with Crippen molar-refractivity contribution in [2.24, 2.45) is 5.92 Å². The SMILES string of the molecule is CC1CC=CN2C(=C1c1ccccc1)c1c(C(=O)Nc3cc(CO)ccc3CN3CCCC3)[nH]c3cc(Cl)cc(c13)C2c1ccc(Cl)cc1. The number of anilines is 1. The number of allylic oxidation sites excluding steroid dienone is 2. The zero-order valence-electron chi connectivity index (χ0n) is 27.3. The molecule has 1 aromatic heterocycles. The topological polar surface area (TPSA) is 71.6 Å². The molecular weight excluding hydrogens is 651 g/mol. The van der Waals surface area contributed by atoms with Crippen LogP contribution in [-0.2, 0) is 13.2 Å². The highest BCUT2D eigenvalue weighted by Gasteiger charge is 2.39. The normalized spacial score (nSPS) is 19.0. The molecule has 8 rings (SSSR count). The summed E-state index contributed by atoms with van der Waals surface area (Å²) in [7, 11) is 0. The maximum absolute atomic E-state index is 14.7. The van der Waals surface area contributed by atoms with Crippen LogP contribution in [0.25, 0.3) is 22.2 Å². The van der Waals surface area contributed by atoms with Gasteiger partial charge in [-0.25, -0.2) is 0 Å². The van der Waals surface area contributed by atoms with Crippen LogP contribution in [0, 0.1) is 5.92 Å². The quantitative estimate of drug-likeness (QED) is 0.159. The number of hydrogen-bond donors (Lipinski definition) is 3. The van der Waals surface area contributed by atoms with Gasteiger partial charge in [-0.2, -0.15) is 0 Å². The van der Waals surface area contributed by atoms with E-state index in [0.29, 0.717) is 21.4 Å². The average molecular weight is 690 g/mol. The molecule has 3 aliphatic rings. The first-order valence-electron chi connectivity index (χ1n) is 17.0. The Morgan fingerprint density at radius 3 is 2.49 bits per heavy atom. The van der Waals surface area contributed by atoms with Gasteiger partial charge >= 0.3 is 0 Å². The van der Waals surface area contributed by atoms with Gasteiger partial charge in [0.1, 0.15) is 5.69 Å². The van der Waals surface area contributed by atoms with Crippen molar-refractivity contribution in [3.63, 3.8) is 0 Å². The Morgan fingerprint density at radius 2 is 1.73 bits per heavy atom. The molecular formula is C41H38Cl2N4O2. The van der Waals surface area contributed by atoms with E-state index in [2.05, 4.69) is 75.7 Å². The molecule has 0 aliphatic carbocycles. The van der Waals surface area contributed by atoms with Crippen LogP contribution in [0.2, 0.25) is 10.0 Å². The molecule has 3 N–H and O–H groups in total. The van der Waals surface area contributed by atoms with Gasteiger partial charge in [-0.3, -0.25) is 9.69 Å². The monoisotopic (exact) mass is 688 g/mol. The zero-order valence-corrected chi connectivity index (χ0v) is 28.9. The summed E-state index contributed by atoms with van der Waals surface area (Å²) in [6.07, 6.45) is 7.60.